The first-order valence-electron chi connectivity index (χ1n) is 10.0. The molecule has 2 aliphatic rings. The quantitative estimate of drug-likeness (QED) is 0.682. The van der Waals surface area contributed by atoms with Crippen molar-refractivity contribution in [2.24, 2.45) is 13.0 Å². The van der Waals surface area contributed by atoms with Crippen molar-refractivity contribution in [3.05, 3.63) is 29.0 Å². The average Bonchev–Trinajstić information content (AvgIpc) is 3.30. The van der Waals surface area contributed by atoms with Gasteiger partial charge in [-0.1, -0.05) is 6.42 Å². The van der Waals surface area contributed by atoms with Gasteiger partial charge < -0.3 is 15.2 Å². The minimum atomic E-state index is -5.08. The van der Waals surface area contributed by atoms with E-state index in [-0.39, 0.29) is 6.04 Å². The highest BCUT2D eigenvalue weighted by molar-refractivity contribution is 7.13. The fourth-order valence-electron chi connectivity index (χ4n) is 3.34. The number of ether oxygens (including phenoxy) is 1. The number of hydrogen-bond acceptors (Lipinski definition) is 7. The molecule has 1 aliphatic carbocycles. The Morgan fingerprint density at radius 2 is 2.16 bits per heavy atom. The summed E-state index contributed by atoms with van der Waals surface area (Å²) in [6.07, 6.45) is 3.05. The second-order valence-electron chi connectivity index (χ2n) is 7.64. The second-order valence-corrected chi connectivity index (χ2v) is 8.50. The number of alkyl halides is 3. The Morgan fingerprint density at radius 3 is 2.74 bits per heavy atom. The number of rotatable bonds is 6. The van der Waals surface area contributed by atoms with E-state index in [9.17, 15) is 13.2 Å². The summed E-state index contributed by atoms with van der Waals surface area (Å²) in [5, 5.41) is 18.1. The summed E-state index contributed by atoms with van der Waals surface area (Å²) in [6, 6.07) is 0.231. The molecule has 31 heavy (non-hydrogen) atoms. The van der Waals surface area contributed by atoms with Crippen molar-refractivity contribution in [3.63, 3.8) is 0 Å². The van der Waals surface area contributed by atoms with E-state index in [1.807, 2.05) is 17.9 Å². The van der Waals surface area contributed by atoms with Gasteiger partial charge in [-0.25, -0.2) is 9.78 Å². The molecule has 2 fully saturated rings. The molecule has 4 rings (SSSR count). The summed E-state index contributed by atoms with van der Waals surface area (Å²) in [7, 11) is 1.96. The van der Waals surface area contributed by atoms with Crippen LogP contribution in [0.3, 0.4) is 0 Å². The molecule has 12 heteroatoms. The Kier molecular flexibility index (Phi) is 7.89. The molecule has 2 N–H and O–H groups in total. The summed E-state index contributed by atoms with van der Waals surface area (Å²) in [4.78, 5) is 16.2. The summed E-state index contributed by atoms with van der Waals surface area (Å²) in [5.74, 6) is -1.91. The van der Waals surface area contributed by atoms with E-state index in [0.29, 0.717) is 6.61 Å². The first-order valence-corrected chi connectivity index (χ1v) is 10.9. The molecule has 0 bridgehead atoms. The number of hydrogen-bond donors (Lipinski definition) is 2. The molecule has 1 saturated carbocycles. The fraction of sp³-hybridized carbons (Fsp3) is 0.632. The van der Waals surface area contributed by atoms with Crippen LogP contribution in [0.2, 0.25) is 0 Å². The molecule has 2 aromatic rings. The lowest BCUT2D eigenvalue weighted by Gasteiger charge is -2.34. The fourth-order valence-corrected chi connectivity index (χ4v) is 4.10. The smallest absolute Gasteiger partial charge is 0.475 e. The van der Waals surface area contributed by atoms with Gasteiger partial charge in [0.25, 0.3) is 0 Å². The monoisotopic (exact) mass is 461 g/mol. The number of nitrogens with one attached hydrogen (secondary N) is 1. The van der Waals surface area contributed by atoms with Crippen LogP contribution < -0.4 is 5.32 Å². The van der Waals surface area contributed by atoms with E-state index in [2.05, 4.69) is 26.9 Å². The molecule has 0 spiro atoms. The van der Waals surface area contributed by atoms with Gasteiger partial charge in [-0.05, 0) is 18.8 Å². The maximum absolute atomic E-state index is 10.6. The first-order chi connectivity index (χ1) is 14.7. The van der Waals surface area contributed by atoms with Gasteiger partial charge in [0, 0.05) is 43.8 Å². The molecule has 1 unspecified atom stereocenters. The molecule has 1 saturated heterocycles. The van der Waals surface area contributed by atoms with Crippen LogP contribution in [0, 0.1) is 5.92 Å². The van der Waals surface area contributed by atoms with Crippen molar-refractivity contribution < 1.29 is 27.8 Å². The predicted molar refractivity (Wildman–Crippen MR) is 109 cm³/mol. The number of aromatic nitrogens is 3. The molecule has 1 aliphatic heterocycles. The number of anilines is 1. The van der Waals surface area contributed by atoms with Crippen LogP contribution in [0.4, 0.5) is 18.3 Å². The molecule has 8 nitrogen and oxygen atoms in total. The topological polar surface area (TPSA) is 92.5 Å². The molecule has 2 aromatic heterocycles. The standard InChI is InChI=1S/C17H25N5OS.C2HF3O2/c1-21-9-14(8-19-21)10-22-5-6-23-11-16(22)15-12-24-17(20-15)18-7-13-3-2-4-13;3-2(4,5)1(6)7/h8-9,12-13,16H,2-7,10-11H2,1H3,(H,18,20);(H,6,7). The van der Waals surface area contributed by atoms with E-state index >= 15 is 0 Å². The van der Waals surface area contributed by atoms with E-state index in [0.717, 1.165) is 43.0 Å². The van der Waals surface area contributed by atoms with Gasteiger partial charge in [0.15, 0.2) is 5.13 Å². The number of aryl methyl sites for hydroxylation is 1. The van der Waals surface area contributed by atoms with Crippen LogP contribution in [-0.2, 0) is 23.1 Å². The Balaban J connectivity index is 0.000000339. The summed E-state index contributed by atoms with van der Waals surface area (Å²) < 4.78 is 39.3. The van der Waals surface area contributed by atoms with Crippen LogP contribution in [0.15, 0.2) is 17.8 Å². The number of thiazole rings is 1. The third kappa shape index (κ3) is 6.91. The van der Waals surface area contributed by atoms with Crippen LogP contribution in [0.25, 0.3) is 0 Å². The Bertz CT molecular complexity index is 853. The number of nitrogens with zero attached hydrogens (tertiary/aromatic N) is 4. The molecule has 172 valence electrons. The average molecular weight is 462 g/mol. The normalized spacial score (nSPS) is 19.9. The number of carbonyl (C=O) groups is 1. The summed E-state index contributed by atoms with van der Waals surface area (Å²) in [5.41, 5.74) is 2.36. The molecule has 0 aromatic carbocycles. The number of aliphatic carboxylic acids is 1. The second kappa shape index (κ2) is 10.4. The van der Waals surface area contributed by atoms with Crippen LogP contribution in [-0.4, -0.2) is 63.2 Å². The maximum Gasteiger partial charge on any atom is 0.490 e. The molecule has 0 amide bonds. The Labute approximate surface area is 182 Å². The third-order valence-electron chi connectivity index (χ3n) is 5.26. The van der Waals surface area contributed by atoms with Crippen molar-refractivity contribution in [1.82, 2.24) is 19.7 Å². The third-order valence-corrected chi connectivity index (χ3v) is 6.07. The lowest BCUT2D eigenvalue weighted by atomic mass is 9.86. The zero-order valence-corrected chi connectivity index (χ0v) is 18.0. The first kappa shape index (κ1) is 23.5. The highest BCUT2D eigenvalue weighted by Crippen LogP contribution is 2.30. The van der Waals surface area contributed by atoms with E-state index in [1.165, 1.54) is 24.8 Å². The van der Waals surface area contributed by atoms with E-state index in [4.69, 9.17) is 19.6 Å². The lowest BCUT2D eigenvalue weighted by Crippen LogP contribution is -2.39. The minimum absolute atomic E-state index is 0.231. The number of carboxylic acids is 1. The van der Waals surface area contributed by atoms with E-state index < -0.39 is 12.1 Å². The van der Waals surface area contributed by atoms with Crippen LogP contribution in [0.5, 0.6) is 0 Å². The highest BCUT2D eigenvalue weighted by Gasteiger charge is 2.38. The van der Waals surface area contributed by atoms with Gasteiger partial charge in [0.05, 0.1) is 31.1 Å². The number of carboxylic acid groups (broad SMARTS) is 1. The van der Waals surface area contributed by atoms with Gasteiger partial charge in [-0.2, -0.15) is 18.3 Å². The van der Waals surface area contributed by atoms with Gasteiger partial charge in [-0.3, -0.25) is 9.58 Å². The van der Waals surface area contributed by atoms with Crippen molar-refractivity contribution in [3.8, 4) is 0 Å². The number of morpholine rings is 1. The minimum Gasteiger partial charge on any atom is -0.475 e. The molecule has 0 radical (unpaired) electrons. The summed E-state index contributed by atoms with van der Waals surface area (Å²) in [6.45, 7) is 4.39. The number of halogens is 3. The SMILES string of the molecule is Cn1cc(CN2CCOCC2c2csc(NCC3CCC3)n2)cn1.O=C(O)C(F)(F)F. The van der Waals surface area contributed by atoms with Gasteiger partial charge in [0.1, 0.15) is 0 Å². The van der Waals surface area contributed by atoms with Gasteiger partial charge in [0.2, 0.25) is 0 Å². The van der Waals surface area contributed by atoms with Crippen molar-refractivity contribution in [2.75, 3.05) is 31.6 Å². The van der Waals surface area contributed by atoms with E-state index in [1.54, 1.807) is 11.3 Å². The Morgan fingerprint density at radius 1 is 1.42 bits per heavy atom. The zero-order chi connectivity index (χ0) is 22.4. The predicted octanol–water partition coefficient (Wildman–Crippen LogP) is 3.30. The molecule has 1 atom stereocenters. The van der Waals surface area contributed by atoms with Crippen LogP contribution in [0.1, 0.15) is 36.6 Å². The van der Waals surface area contributed by atoms with Crippen molar-refractivity contribution >= 4 is 22.4 Å². The largest absolute Gasteiger partial charge is 0.490 e. The Hall–Kier alpha value is -2.18. The van der Waals surface area contributed by atoms with Crippen LogP contribution >= 0.6 is 11.3 Å². The van der Waals surface area contributed by atoms with Crippen molar-refractivity contribution in [1.29, 1.82) is 0 Å². The summed E-state index contributed by atoms with van der Waals surface area (Å²) >= 11 is 1.71. The molecular weight excluding hydrogens is 435 g/mol. The lowest BCUT2D eigenvalue weighted by molar-refractivity contribution is -0.192. The van der Waals surface area contributed by atoms with Crippen molar-refractivity contribution in [2.45, 2.75) is 38.0 Å². The molecular formula is C19H26F3N5O3S. The van der Waals surface area contributed by atoms with Gasteiger partial charge >= 0.3 is 12.1 Å². The molecule has 3 heterocycles. The highest BCUT2D eigenvalue weighted by atomic mass is 32.1. The van der Waals surface area contributed by atoms with Gasteiger partial charge in [-0.15, -0.1) is 11.3 Å². The maximum atomic E-state index is 10.6. The zero-order valence-electron chi connectivity index (χ0n) is 17.1.